The van der Waals surface area contributed by atoms with Crippen LogP contribution in [0.1, 0.15) is 33.6 Å². The number of likely N-dealkylation sites (N-methyl/N-ethyl adjacent to an activating group) is 1. The quantitative estimate of drug-likeness (QED) is 0.700. The minimum Gasteiger partial charge on any atom is -0.315 e. The Morgan fingerprint density at radius 1 is 1.47 bits per heavy atom. The van der Waals surface area contributed by atoms with E-state index in [0.29, 0.717) is 13.0 Å². The summed E-state index contributed by atoms with van der Waals surface area (Å²) in [5.41, 5.74) is -0.511. The summed E-state index contributed by atoms with van der Waals surface area (Å²) in [6, 6.07) is 0.201. The molecule has 0 radical (unpaired) electrons. The van der Waals surface area contributed by atoms with Gasteiger partial charge in [0.15, 0.2) is 0 Å². The lowest BCUT2D eigenvalue weighted by Crippen LogP contribution is -2.43. The molecule has 1 N–H and O–H groups in total. The van der Waals surface area contributed by atoms with E-state index in [1.165, 1.54) is 4.90 Å². The lowest BCUT2D eigenvalue weighted by molar-refractivity contribution is -0.141. The first kappa shape index (κ1) is 12.2. The highest BCUT2D eigenvalue weighted by Crippen LogP contribution is 2.31. The predicted molar refractivity (Wildman–Crippen MR) is 58.3 cm³/mol. The van der Waals surface area contributed by atoms with Crippen molar-refractivity contribution in [1.82, 2.24) is 10.2 Å². The maximum atomic E-state index is 11.9. The highest BCUT2D eigenvalue weighted by Gasteiger charge is 2.44. The highest BCUT2D eigenvalue weighted by molar-refractivity contribution is 6.05. The van der Waals surface area contributed by atoms with Crippen LogP contribution in [0.3, 0.4) is 0 Å². The molecular formula is C11H20N2O2. The Kier molecular flexibility index (Phi) is 3.50. The Bertz CT molecular complexity index is 270. The molecule has 1 heterocycles. The summed E-state index contributed by atoms with van der Waals surface area (Å²) in [4.78, 5) is 24.9. The van der Waals surface area contributed by atoms with E-state index in [1.54, 1.807) is 0 Å². The summed E-state index contributed by atoms with van der Waals surface area (Å²) in [6.45, 7) is 6.19. The number of hydrogen-bond acceptors (Lipinski definition) is 3. The average molecular weight is 212 g/mol. The Balaban J connectivity index is 2.71. The number of hydrogen-bond donors (Lipinski definition) is 1. The van der Waals surface area contributed by atoms with Crippen LogP contribution in [0.5, 0.6) is 0 Å². The molecular weight excluding hydrogens is 192 g/mol. The molecule has 0 aromatic heterocycles. The van der Waals surface area contributed by atoms with Gasteiger partial charge < -0.3 is 5.32 Å². The molecule has 0 bridgehead atoms. The Morgan fingerprint density at radius 3 is 2.40 bits per heavy atom. The van der Waals surface area contributed by atoms with Crippen molar-refractivity contribution in [3.63, 3.8) is 0 Å². The van der Waals surface area contributed by atoms with Crippen LogP contribution in [0.4, 0.5) is 0 Å². The second-order valence-electron chi connectivity index (χ2n) is 4.76. The normalized spacial score (nSPS) is 22.3. The van der Waals surface area contributed by atoms with Gasteiger partial charge in [-0.2, -0.15) is 0 Å². The topological polar surface area (TPSA) is 49.4 Å². The summed E-state index contributed by atoms with van der Waals surface area (Å²) in [5, 5.41) is 3.10. The van der Waals surface area contributed by atoms with Gasteiger partial charge in [-0.1, -0.05) is 20.8 Å². The van der Waals surface area contributed by atoms with Gasteiger partial charge >= 0.3 is 0 Å². The fraction of sp³-hybridized carbons (Fsp3) is 0.818. The van der Waals surface area contributed by atoms with Gasteiger partial charge in [-0.05, 0) is 13.5 Å². The van der Waals surface area contributed by atoms with Crippen molar-refractivity contribution in [3.8, 4) is 0 Å². The van der Waals surface area contributed by atoms with Gasteiger partial charge in [0.2, 0.25) is 11.8 Å². The lowest BCUT2D eigenvalue weighted by atomic mass is 9.92. The zero-order valence-corrected chi connectivity index (χ0v) is 9.96. The van der Waals surface area contributed by atoms with E-state index >= 15 is 0 Å². The molecule has 1 saturated heterocycles. The van der Waals surface area contributed by atoms with E-state index in [-0.39, 0.29) is 17.9 Å². The van der Waals surface area contributed by atoms with Crippen LogP contribution >= 0.6 is 0 Å². The lowest BCUT2D eigenvalue weighted by Gasteiger charge is -2.22. The van der Waals surface area contributed by atoms with Crippen LogP contribution in [0.15, 0.2) is 0 Å². The first-order valence-corrected chi connectivity index (χ1v) is 5.44. The summed E-state index contributed by atoms with van der Waals surface area (Å²) in [7, 11) is 1.85. The smallest absolute Gasteiger partial charge is 0.235 e. The van der Waals surface area contributed by atoms with E-state index < -0.39 is 5.41 Å². The molecule has 0 aromatic rings. The molecule has 15 heavy (non-hydrogen) atoms. The highest BCUT2D eigenvalue weighted by atomic mass is 16.2. The fourth-order valence-corrected chi connectivity index (χ4v) is 1.86. The van der Waals surface area contributed by atoms with Crippen LogP contribution < -0.4 is 5.32 Å². The number of nitrogens with one attached hydrogen (secondary N) is 1. The third-order valence-electron chi connectivity index (χ3n) is 3.02. The van der Waals surface area contributed by atoms with Crippen molar-refractivity contribution < 1.29 is 9.59 Å². The van der Waals surface area contributed by atoms with Gasteiger partial charge in [0.05, 0.1) is 5.41 Å². The maximum Gasteiger partial charge on any atom is 0.235 e. The summed E-state index contributed by atoms with van der Waals surface area (Å²) in [6.07, 6.45) is 1.25. The van der Waals surface area contributed by atoms with Crippen molar-refractivity contribution in [2.45, 2.75) is 39.7 Å². The number of carbonyl (C=O) groups excluding carboxylic acids is 2. The second kappa shape index (κ2) is 4.31. The van der Waals surface area contributed by atoms with E-state index in [9.17, 15) is 9.59 Å². The van der Waals surface area contributed by atoms with Crippen molar-refractivity contribution in [3.05, 3.63) is 0 Å². The van der Waals surface area contributed by atoms with Gasteiger partial charge in [-0.3, -0.25) is 14.5 Å². The molecule has 2 amide bonds. The molecule has 0 aromatic carbocycles. The van der Waals surface area contributed by atoms with E-state index in [4.69, 9.17) is 0 Å². The van der Waals surface area contributed by atoms with Crippen molar-refractivity contribution in [1.29, 1.82) is 0 Å². The number of amides is 2. The van der Waals surface area contributed by atoms with Gasteiger partial charge in [-0.15, -0.1) is 0 Å². The molecule has 1 rings (SSSR count). The minimum absolute atomic E-state index is 0.0406. The molecule has 0 spiro atoms. The van der Waals surface area contributed by atoms with E-state index in [2.05, 4.69) is 5.32 Å². The average Bonchev–Trinajstić information content (AvgIpc) is 2.35. The largest absolute Gasteiger partial charge is 0.315 e. The Morgan fingerprint density at radius 2 is 2.07 bits per heavy atom. The third-order valence-corrected chi connectivity index (χ3v) is 3.02. The van der Waals surface area contributed by atoms with Crippen LogP contribution in [-0.2, 0) is 9.59 Å². The molecule has 1 unspecified atom stereocenters. The number of rotatable bonds is 4. The van der Waals surface area contributed by atoms with Crippen LogP contribution in [0.2, 0.25) is 0 Å². The first-order valence-electron chi connectivity index (χ1n) is 5.44. The molecule has 1 aliphatic heterocycles. The minimum atomic E-state index is -0.511. The summed E-state index contributed by atoms with van der Waals surface area (Å²) in [5.74, 6) is -0.0834. The molecule has 1 aliphatic rings. The van der Waals surface area contributed by atoms with Gasteiger partial charge in [0.25, 0.3) is 0 Å². The molecule has 4 heteroatoms. The monoisotopic (exact) mass is 212 g/mol. The van der Waals surface area contributed by atoms with E-state index in [0.717, 1.165) is 6.42 Å². The number of carbonyl (C=O) groups is 2. The second-order valence-corrected chi connectivity index (χ2v) is 4.76. The summed E-state index contributed by atoms with van der Waals surface area (Å²) < 4.78 is 0. The van der Waals surface area contributed by atoms with Crippen molar-refractivity contribution >= 4 is 11.8 Å². The molecule has 0 aliphatic carbocycles. The maximum absolute atomic E-state index is 11.9. The molecule has 0 saturated carbocycles. The summed E-state index contributed by atoms with van der Waals surface area (Å²) >= 11 is 0. The third kappa shape index (κ3) is 2.37. The molecule has 4 nitrogen and oxygen atoms in total. The zero-order valence-electron chi connectivity index (χ0n) is 9.96. The van der Waals surface area contributed by atoms with Crippen LogP contribution in [-0.4, -0.2) is 36.3 Å². The van der Waals surface area contributed by atoms with E-state index in [1.807, 2.05) is 27.8 Å². The van der Waals surface area contributed by atoms with Crippen LogP contribution in [0, 0.1) is 5.41 Å². The fourth-order valence-electron chi connectivity index (χ4n) is 1.86. The number of imide groups is 1. The van der Waals surface area contributed by atoms with Gasteiger partial charge in [0.1, 0.15) is 0 Å². The van der Waals surface area contributed by atoms with Gasteiger partial charge in [-0.25, -0.2) is 0 Å². The zero-order chi connectivity index (χ0) is 11.6. The standard InChI is InChI=1S/C11H20N2O2/c1-5-8(12-4)7-13-9(14)6-11(2,3)10(13)15/h8,12H,5-7H2,1-4H3. The first-order chi connectivity index (χ1) is 6.92. The van der Waals surface area contributed by atoms with Crippen molar-refractivity contribution in [2.75, 3.05) is 13.6 Å². The Hall–Kier alpha value is -0.900. The SMILES string of the molecule is CCC(CN1C(=O)CC(C)(C)C1=O)NC. The molecule has 1 atom stereocenters. The Labute approximate surface area is 91.0 Å². The predicted octanol–water partition coefficient (Wildman–Crippen LogP) is 0.770. The van der Waals surface area contributed by atoms with Gasteiger partial charge in [0, 0.05) is 19.0 Å². The van der Waals surface area contributed by atoms with Crippen LogP contribution in [0.25, 0.3) is 0 Å². The number of nitrogens with zero attached hydrogens (tertiary/aromatic N) is 1. The molecule has 1 fully saturated rings. The number of likely N-dealkylation sites (tertiary alicyclic amines) is 1. The van der Waals surface area contributed by atoms with Crippen molar-refractivity contribution in [2.24, 2.45) is 5.41 Å². The molecule has 86 valence electrons.